The molecule has 1 N–H and O–H groups in total. The van der Waals surface area contributed by atoms with Gasteiger partial charge in [-0.25, -0.2) is 0 Å². The Morgan fingerprint density at radius 1 is 0.952 bits per heavy atom. The van der Waals surface area contributed by atoms with Gasteiger partial charge in [0.2, 0.25) is 0 Å². The summed E-state index contributed by atoms with van der Waals surface area (Å²) in [6.07, 6.45) is 5.40. The van der Waals surface area contributed by atoms with Crippen molar-refractivity contribution < 1.29 is 0 Å². The second-order valence-electron chi connectivity index (χ2n) is 7.43. The maximum atomic E-state index is 3.75. The van der Waals surface area contributed by atoms with Crippen LogP contribution in [0.4, 0.5) is 0 Å². The van der Waals surface area contributed by atoms with E-state index in [9.17, 15) is 0 Å². The lowest BCUT2D eigenvalue weighted by molar-refractivity contribution is 0.132. The standard InChI is InChI=1S/C19H30N2/c1-13(2)15-5-7-16(8-6-15)14(3)21(4)19-11-17-9-10-18(12-19)20-17/h5-8,13-14,17-20H,9-12H2,1-4H3. The van der Waals surface area contributed by atoms with Gasteiger partial charge in [-0.15, -0.1) is 0 Å². The highest BCUT2D eigenvalue weighted by atomic mass is 15.2. The van der Waals surface area contributed by atoms with Crippen LogP contribution >= 0.6 is 0 Å². The predicted molar refractivity (Wildman–Crippen MR) is 89.7 cm³/mol. The molecule has 0 saturated carbocycles. The summed E-state index contributed by atoms with van der Waals surface area (Å²) in [6, 6.07) is 12.0. The zero-order valence-corrected chi connectivity index (χ0v) is 14.0. The second-order valence-corrected chi connectivity index (χ2v) is 7.43. The first-order chi connectivity index (χ1) is 10.0. The van der Waals surface area contributed by atoms with Gasteiger partial charge in [-0.05, 0) is 56.7 Å². The van der Waals surface area contributed by atoms with Crippen LogP contribution in [0.3, 0.4) is 0 Å². The number of benzene rings is 1. The molecule has 2 aliphatic rings. The molecule has 0 aliphatic carbocycles. The fourth-order valence-electron chi connectivity index (χ4n) is 4.07. The number of rotatable bonds is 4. The quantitative estimate of drug-likeness (QED) is 0.897. The van der Waals surface area contributed by atoms with E-state index in [0.717, 1.165) is 18.1 Å². The summed E-state index contributed by atoms with van der Waals surface area (Å²) in [5.41, 5.74) is 2.89. The van der Waals surface area contributed by atoms with Crippen LogP contribution in [0.25, 0.3) is 0 Å². The van der Waals surface area contributed by atoms with Crippen LogP contribution in [-0.4, -0.2) is 30.1 Å². The van der Waals surface area contributed by atoms with Gasteiger partial charge in [-0.1, -0.05) is 38.1 Å². The van der Waals surface area contributed by atoms with Gasteiger partial charge in [-0.3, -0.25) is 4.90 Å². The molecule has 2 fully saturated rings. The Kier molecular flexibility index (Phi) is 4.37. The van der Waals surface area contributed by atoms with Crippen LogP contribution in [0, 0.1) is 0 Å². The lowest BCUT2D eigenvalue weighted by Gasteiger charge is -2.39. The maximum Gasteiger partial charge on any atom is 0.0319 e. The Morgan fingerprint density at radius 2 is 1.48 bits per heavy atom. The highest BCUT2D eigenvalue weighted by Crippen LogP contribution is 2.33. The van der Waals surface area contributed by atoms with Crippen molar-refractivity contribution in [2.75, 3.05) is 7.05 Å². The molecule has 2 heteroatoms. The fourth-order valence-corrected chi connectivity index (χ4v) is 4.07. The average Bonchev–Trinajstić information content (AvgIpc) is 2.84. The minimum atomic E-state index is 0.508. The van der Waals surface area contributed by atoms with Gasteiger partial charge in [0.15, 0.2) is 0 Å². The Balaban J connectivity index is 1.67. The summed E-state index contributed by atoms with van der Waals surface area (Å²) in [6.45, 7) is 6.87. The topological polar surface area (TPSA) is 15.3 Å². The Bertz CT molecular complexity index is 453. The van der Waals surface area contributed by atoms with E-state index < -0.39 is 0 Å². The van der Waals surface area contributed by atoms with Crippen LogP contribution < -0.4 is 5.32 Å². The van der Waals surface area contributed by atoms with Gasteiger partial charge in [0, 0.05) is 24.2 Å². The van der Waals surface area contributed by atoms with E-state index in [4.69, 9.17) is 0 Å². The fraction of sp³-hybridized carbons (Fsp3) is 0.684. The molecule has 0 radical (unpaired) electrons. The highest BCUT2D eigenvalue weighted by Gasteiger charge is 2.36. The molecular formula is C19H30N2. The normalized spacial score (nSPS) is 30.1. The van der Waals surface area contributed by atoms with E-state index in [1.807, 2.05) is 0 Å². The number of hydrogen-bond acceptors (Lipinski definition) is 2. The Hall–Kier alpha value is -0.860. The predicted octanol–water partition coefficient (Wildman–Crippen LogP) is 4.09. The molecule has 3 atom stereocenters. The molecule has 3 unspecified atom stereocenters. The number of hydrogen-bond donors (Lipinski definition) is 1. The van der Waals surface area contributed by atoms with E-state index in [1.54, 1.807) is 0 Å². The zero-order valence-electron chi connectivity index (χ0n) is 14.0. The molecule has 2 bridgehead atoms. The van der Waals surface area contributed by atoms with Crippen molar-refractivity contribution in [2.24, 2.45) is 0 Å². The van der Waals surface area contributed by atoms with E-state index in [2.05, 4.69) is 62.3 Å². The van der Waals surface area contributed by atoms with Gasteiger partial charge >= 0.3 is 0 Å². The molecule has 2 saturated heterocycles. The third-order valence-corrected chi connectivity index (χ3v) is 5.72. The van der Waals surface area contributed by atoms with Gasteiger partial charge < -0.3 is 5.32 Å². The number of nitrogens with one attached hydrogen (secondary N) is 1. The van der Waals surface area contributed by atoms with Crippen molar-refractivity contribution in [2.45, 2.75) is 76.5 Å². The molecule has 2 aliphatic heterocycles. The highest BCUT2D eigenvalue weighted by molar-refractivity contribution is 5.26. The van der Waals surface area contributed by atoms with E-state index >= 15 is 0 Å². The smallest absolute Gasteiger partial charge is 0.0319 e. The minimum Gasteiger partial charge on any atom is -0.311 e. The zero-order chi connectivity index (χ0) is 15.0. The minimum absolute atomic E-state index is 0.508. The molecule has 116 valence electrons. The van der Waals surface area contributed by atoms with E-state index in [1.165, 1.54) is 36.8 Å². The first-order valence-electron chi connectivity index (χ1n) is 8.62. The molecule has 21 heavy (non-hydrogen) atoms. The van der Waals surface area contributed by atoms with Crippen molar-refractivity contribution >= 4 is 0 Å². The summed E-state index contributed by atoms with van der Waals surface area (Å²) in [5.74, 6) is 0.618. The van der Waals surface area contributed by atoms with E-state index in [-0.39, 0.29) is 0 Å². The summed E-state index contributed by atoms with van der Waals surface area (Å²) < 4.78 is 0. The summed E-state index contributed by atoms with van der Waals surface area (Å²) >= 11 is 0. The molecule has 1 aromatic rings. The van der Waals surface area contributed by atoms with Crippen LogP contribution in [0.5, 0.6) is 0 Å². The first-order valence-corrected chi connectivity index (χ1v) is 8.62. The van der Waals surface area contributed by atoms with Crippen molar-refractivity contribution in [3.8, 4) is 0 Å². The average molecular weight is 286 g/mol. The lowest BCUT2D eigenvalue weighted by Crippen LogP contribution is -2.47. The van der Waals surface area contributed by atoms with Crippen LogP contribution in [0.1, 0.15) is 69.5 Å². The van der Waals surface area contributed by atoms with Crippen LogP contribution in [0.15, 0.2) is 24.3 Å². The number of fused-ring (bicyclic) bond motifs is 2. The van der Waals surface area contributed by atoms with Crippen molar-refractivity contribution in [3.63, 3.8) is 0 Å². The molecule has 0 aromatic heterocycles. The largest absolute Gasteiger partial charge is 0.311 e. The number of nitrogens with zero attached hydrogens (tertiary/aromatic N) is 1. The Morgan fingerprint density at radius 3 is 2.00 bits per heavy atom. The molecule has 3 rings (SSSR count). The summed E-state index contributed by atoms with van der Waals surface area (Å²) in [4.78, 5) is 2.61. The SMILES string of the molecule is CC(C)c1ccc(C(C)N(C)C2CC3CCC(C2)N3)cc1. The third-order valence-electron chi connectivity index (χ3n) is 5.72. The molecule has 2 heterocycles. The summed E-state index contributed by atoms with van der Waals surface area (Å²) in [5, 5.41) is 3.75. The third kappa shape index (κ3) is 3.17. The molecule has 1 aromatic carbocycles. The summed E-state index contributed by atoms with van der Waals surface area (Å²) in [7, 11) is 2.32. The van der Waals surface area contributed by atoms with Crippen LogP contribution in [0.2, 0.25) is 0 Å². The van der Waals surface area contributed by atoms with Gasteiger partial charge in [0.05, 0.1) is 0 Å². The first kappa shape index (κ1) is 15.1. The van der Waals surface area contributed by atoms with Gasteiger partial charge in [-0.2, -0.15) is 0 Å². The Labute approximate surface area is 129 Å². The van der Waals surface area contributed by atoms with Crippen molar-refractivity contribution in [1.82, 2.24) is 10.2 Å². The van der Waals surface area contributed by atoms with Crippen molar-refractivity contribution in [1.29, 1.82) is 0 Å². The molecule has 0 spiro atoms. The monoisotopic (exact) mass is 286 g/mol. The number of piperidine rings is 1. The van der Waals surface area contributed by atoms with Gasteiger partial charge in [0.25, 0.3) is 0 Å². The van der Waals surface area contributed by atoms with E-state index in [0.29, 0.717) is 12.0 Å². The van der Waals surface area contributed by atoms with Crippen LogP contribution in [-0.2, 0) is 0 Å². The molecule has 2 nitrogen and oxygen atoms in total. The second kappa shape index (κ2) is 6.10. The van der Waals surface area contributed by atoms with Gasteiger partial charge in [0.1, 0.15) is 0 Å². The molecular weight excluding hydrogens is 256 g/mol. The lowest BCUT2D eigenvalue weighted by atomic mass is 9.94. The van der Waals surface area contributed by atoms with Crippen molar-refractivity contribution in [3.05, 3.63) is 35.4 Å². The maximum absolute atomic E-state index is 3.75. The molecule has 0 amide bonds.